The van der Waals surface area contributed by atoms with Gasteiger partial charge in [-0.1, -0.05) is 24.3 Å². The predicted octanol–water partition coefficient (Wildman–Crippen LogP) is 4.58. The molecule has 2 N–H and O–H groups in total. The van der Waals surface area contributed by atoms with Crippen LogP contribution in [0.1, 0.15) is 56.1 Å². The molecule has 0 fully saturated rings. The third kappa shape index (κ3) is 4.98. The second-order valence-electron chi connectivity index (χ2n) is 8.24. The number of nitrogens with zero attached hydrogens (tertiary/aromatic N) is 3. The van der Waals surface area contributed by atoms with Crippen LogP contribution in [0.25, 0.3) is 0 Å². The van der Waals surface area contributed by atoms with Gasteiger partial charge < -0.3 is 15.3 Å². The Morgan fingerprint density at radius 3 is 2.49 bits per heavy atom. The molecule has 4 rings (SSSR count). The smallest absolute Gasteiger partial charge is 0.416 e. The molecule has 7 nitrogen and oxygen atoms in total. The van der Waals surface area contributed by atoms with Gasteiger partial charge >= 0.3 is 12.1 Å². The summed E-state index contributed by atoms with van der Waals surface area (Å²) in [7, 11) is 0. The number of carbonyl (C=O) groups excluding carboxylic acids is 1. The number of fused-ring (bicyclic) bond motifs is 1. The van der Waals surface area contributed by atoms with Crippen molar-refractivity contribution in [3.05, 3.63) is 82.0 Å². The van der Waals surface area contributed by atoms with Gasteiger partial charge in [0, 0.05) is 13.1 Å². The second kappa shape index (κ2) is 9.40. The zero-order valence-corrected chi connectivity index (χ0v) is 18.6. The second-order valence-corrected chi connectivity index (χ2v) is 8.24. The van der Waals surface area contributed by atoms with E-state index in [9.17, 15) is 27.2 Å². The number of aromatic nitrogens is 2. The standard InChI is InChI=1S/C24H22F4N4O3/c1-14(16-5-7-17(8-6-16)23(34)35)29-21(33)20-19(12-25)30-32-10-9-31(22(20)32)13-15-3-2-4-18(11-15)24(26,27)28/h2-8,11,14H,9-10,12-13H2,1H3,(H,29,33)(H,34,35). The van der Waals surface area contributed by atoms with Crippen molar-refractivity contribution < 1.29 is 32.3 Å². The zero-order chi connectivity index (χ0) is 25.3. The van der Waals surface area contributed by atoms with Gasteiger partial charge in [0.1, 0.15) is 23.7 Å². The average Bonchev–Trinajstić information content (AvgIpc) is 3.38. The first-order chi connectivity index (χ1) is 16.6. The summed E-state index contributed by atoms with van der Waals surface area (Å²) in [5.41, 5.74) is 0.356. The number of amides is 1. The molecule has 11 heteroatoms. The van der Waals surface area contributed by atoms with E-state index in [0.29, 0.717) is 30.0 Å². The molecule has 0 spiro atoms. The van der Waals surface area contributed by atoms with E-state index in [-0.39, 0.29) is 23.4 Å². The fraction of sp³-hybridized carbons (Fsp3) is 0.292. The minimum atomic E-state index is -4.48. The van der Waals surface area contributed by atoms with E-state index in [1.807, 2.05) is 0 Å². The topological polar surface area (TPSA) is 87.5 Å². The van der Waals surface area contributed by atoms with Crippen molar-refractivity contribution in [2.75, 3.05) is 11.4 Å². The van der Waals surface area contributed by atoms with Gasteiger partial charge in [0.25, 0.3) is 5.91 Å². The van der Waals surface area contributed by atoms with Crippen LogP contribution in [-0.4, -0.2) is 33.3 Å². The fourth-order valence-corrected chi connectivity index (χ4v) is 4.11. The first-order valence-electron chi connectivity index (χ1n) is 10.8. The van der Waals surface area contributed by atoms with Crippen LogP contribution in [0.2, 0.25) is 0 Å². The maximum atomic E-state index is 13.8. The van der Waals surface area contributed by atoms with E-state index in [1.165, 1.54) is 22.9 Å². The molecule has 0 saturated carbocycles. The van der Waals surface area contributed by atoms with Crippen LogP contribution >= 0.6 is 0 Å². The Bertz CT molecular complexity index is 1250. The first kappa shape index (κ1) is 24.2. The molecule has 1 aromatic heterocycles. The van der Waals surface area contributed by atoms with Crippen LogP contribution in [0, 0.1) is 0 Å². The SMILES string of the molecule is CC(NC(=O)c1c(CF)nn2c1N(Cc1cccc(C(F)(F)F)c1)CC2)c1ccc(C(=O)O)cc1. The number of aromatic carboxylic acids is 1. The minimum absolute atomic E-state index is 0.0333. The number of carboxylic acid groups (broad SMARTS) is 1. The van der Waals surface area contributed by atoms with Gasteiger partial charge in [0.2, 0.25) is 0 Å². The lowest BCUT2D eigenvalue weighted by atomic mass is 10.1. The van der Waals surface area contributed by atoms with E-state index < -0.39 is 36.3 Å². The molecule has 1 aliphatic rings. The Hall–Kier alpha value is -3.89. The van der Waals surface area contributed by atoms with Gasteiger partial charge in [-0.2, -0.15) is 18.3 Å². The van der Waals surface area contributed by atoms with E-state index in [2.05, 4.69) is 10.4 Å². The highest BCUT2D eigenvalue weighted by atomic mass is 19.4. The number of carboxylic acids is 1. The summed E-state index contributed by atoms with van der Waals surface area (Å²) in [6.07, 6.45) is -4.48. The van der Waals surface area contributed by atoms with Crippen molar-refractivity contribution >= 4 is 17.7 Å². The molecule has 0 saturated heterocycles. The predicted molar refractivity (Wildman–Crippen MR) is 119 cm³/mol. The number of rotatable bonds is 7. The molecule has 1 amide bonds. The summed E-state index contributed by atoms with van der Waals surface area (Å²) in [5.74, 6) is -1.30. The zero-order valence-electron chi connectivity index (χ0n) is 18.6. The first-order valence-corrected chi connectivity index (χ1v) is 10.8. The normalized spacial score (nSPS) is 14.0. The van der Waals surface area contributed by atoms with Gasteiger partial charge in [-0.15, -0.1) is 0 Å². The maximum absolute atomic E-state index is 13.8. The molecule has 0 bridgehead atoms. The van der Waals surface area contributed by atoms with Crippen LogP contribution in [0.3, 0.4) is 0 Å². The van der Waals surface area contributed by atoms with Crippen LogP contribution in [-0.2, 0) is 25.9 Å². The summed E-state index contributed by atoms with van der Waals surface area (Å²) >= 11 is 0. The summed E-state index contributed by atoms with van der Waals surface area (Å²) in [6, 6.07) is 10.4. The molecule has 0 radical (unpaired) electrons. The number of carbonyl (C=O) groups is 2. The van der Waals surface area contributed by atoms with Gasteiger partial charge in [0.05, 0.1) is 23.7 Å². The molecule has 3 aromatic rings. The lowest BCUT2D eigenvalue weighted by Crippen LogP contribution is -2.30. The summed E-state index contributed by atoms with van der Waals surface area (Å²) in [4.78, 5) is 25.9. The third-order valence-corrected chi connectivity index (χ3v) is 5.87. The molecule has 1 atom stereocenters. The average molecular weight is 490 g/mol. The summed E-state index contributed by atoms with van der Waals surface area (Å²) in [6.45, 7) is 1.57. The van der Waals surface area contributed by atoms with Gasteiger partial charge in [0.15, 0.2) is 0 Å². The number of hydrogen-bond donors (Lipinski definition) is 2. The molecule has 2 heterocycles. The Morgan fingerprint density at radius 1 is 1.14 bits per heavy atom. The Balaban J connectivity index is 1.58. The molecule has 35 heavy (non-hydrogen) atoms. The van der Waals surface area contributed by atoms with Crippen LogP contribution in [0.15, 0.2) is 48.5 Å². The molecule has 184 valence electrons. The highest BCUT2D eigenvalue weighted by Gasteiger charge is 2.33. The highest BCUT2D eigenvalue weighted by molar-refractivity contribution is 6.00. The molecule has 0 aliphatic carbocycles. The van der Waals surface area contributed by atoms with Crippen molar-refractivity contribution in [2.45, 2.75) is 38.9 Å². The van der Waals surface area contributed by atoms with Crippen molar-refractivity contribution in [3.63, 3.8) is 0 Å². The lowest BCUT2D eigenvalue weighted by Gasteiger charge is -2.21. The number of nitrogens with one attached hydrogen (secondary N) is 1. The Morgan fingerprint density at radius 2 is 1.86 bits per heavy atom. The van der Waals surface area contributed by atoms with E-state index >= 15 is 0 Å². The molecular formula is C24H22F4N4O3. The minimum Gasteiger partial charge on any atom is -0.478 e. The van der Waals surface area contributed by atoms with Crippen molar-refractivity contribution in [3.8, 4) is 0 Å². The Labute approximate surface area is 198 Å². The molecule has 2 aromatic carbocycles. The maximum Gasteiger partial charge on any atom is 0.416 e. The number of hydrogen-bond acceptors (Lipinski definition) is 4. The third-order valence-electron chi connectivity index (χ3n) is 5.87. The lowest BCUT2D eigenvalue weighted by molar-refractivity contribution is -0.137. The van der Waals surface area contributed by atoms with E-state index in [1.54, 1.807) is 30.0 Å². The largest absolute Gasteiger partial charge is 0.478 e. The van der Waals surface area contributed by atoms with Crippen molar-refractivity contribution in [1.29, 1.82) is 0 Å². The van der Waals surface area contributed by atoms with Gasteiger partial charge in [-0.25, -0.2) is 13.9 Å². The van der Waals surface area contributed by atoms with Gasteiger partial charge in [-0.3, -0.25) is 4.79 Å². The quantitative estimate of drug-likeness (QED) is 0.474. The van der Waals surface area contributed by atoms with E-state index in [0.717, 1.165) is 12.1 Å². The van der Waals surface area contributed by atoms with Gasteiger partial charge in [-0.05, 0) is 42.3 Å². The number of anilines is 1. The number of alkyl halides is 4. The van der Waals surface area contributed by atoms with Crippen LogP contribution in [0.4, 0.5) is 23.4 Å². The number of halogens is 4. The monoisotopic (exact) mass is 490 g/mol. The summed E-state index contributed by atoms with van der Waals surface area (Å²) in [5, 5.41) is 16.0. The van der Waals surface area contributed by atoms with Crippen molar-refractivity contribution in [2.24, 2.45) is 0 Å². The van der Waals surface area contributed by atoms with E-state index in [4.69, 9.17) is 5.11 Å². The molecular weight excluding hydrogens is 468 g/mol. The van der Waals surface area contributed by atoms with Crippen LogP contribution in [0.5, 0.6) is 0 Å². The van der Waals surface area contributed by atoms with Crippen molar-refractivity contribution in [1.82, 2.24) is 15.1 Å². The molecule has 1 unspecified atom stereocenters. The Kier molecular flexibility index (Phi) is 6.51. The molecule has 1 aliphatic heterocycles. The summed E-state index contributed by atoms with van der Waals surface area (Å²) < 4.78 is 54.6. The fourth-order valence-electron chi connectivity index (χ4n) is 4.11. The number of benzene rings is 2. The van der Waals surface area contributed by atoms with Crippen LogP contribution < -0.4 is 10.2 Å². The highest BCUT2D eigenvalue weighted by Crippen LogP contribution is 2.33.